The average molecular weight is 434 g/mol. The van der Waals surface area contributed by atoms with Gasteiger partial charge in [-0.2, -0.15) is 0 Å². The SMILES string of the molecule is Cc1ccc(NC(=O)CN2CCC(NC(=O)c3occc3C)CC2)c(Br)c1. The van der Waals surface area contributed by atoms with Gasteiger partial charge in [0.2, 0.25) is 5.91 Å². The number of likely N-dealkylation sites (tertiary alicyclic amines) is 1. The van der Waals surface area contributed by atoms with E-state index in [-0.39, 0.29) is 17.9 Å². The van der Waals surface area contributed by atoms with Gasteiger partial charge in [0.25, 0.3) is 5.91 Å². The van der Waals surface area contributed by atoms with Crippen molar-refractivity contribution in [2.24, 2.45) is 0 Å². The lowest BCUT2D eigenvalue weighted by Gasteiger charge is -2.31. The molecule has 2 heterocycles. The van der Waals surface area contributed by atoms with Crippen molar-refractivity contribution in [3.05, 3.63) is 51.9 Å². The van der Waals surface area contributed by atoms with Gasteiger partial charge in [-0.1, -0.05) is 6.07 Å². The summed E-state index contributed by atoms with van der Waals surface area (Å²) in [6, 6.07) is 7.73. The van der Waals surface area contributed by atoms with Crippen LogP contribution in [-0.4, -0.2) is 42.4 Å². The number of hydrogen-bond donors (Lipinski definition) is 2. The number of aryl methyl sites for hydroxylation is 2. The molecule has 1 fully saturated rings. The van der Waals surface area contributed by atoms with Crippen LogP contribution in [0, 0.1) is 13.8 Å². The van der Waals surface area contributed by atoms with E-state index in [1.165, 1.54) is 6.26 Å². The van der Waals surface area contributed by atoms with Crippen molar-refractivity contribution in [2.45, 2.75) is 32.7 Å². The fourth-order valence-electron chi connectivity index (χ4n) is 3.21. The normalized spacial score (nSPS) is 15.5. The number of halogens is 1. The van der Waals surface area contributed by atoms with Gasteiger partial charge in [0.1, 0.15) is 0 Å². The minimum Gasteiger partial charge on any atom is -0.459 e. The molecule has 0 spiro atoms. The Morgan fingerprint density at radius 1 is 1.22 bits per heavy atom. The fraction of sp³-hybridized carbons (Fsp3) is 0.400. The van der Waals surface area contributed by atoms with Crippen molar-refractivity contribution < 1.29 is 14.0 Å². The number of hydrogen-bond acceptors (Lipinski definition) is 4. The summed E-state index contributed by atoms with van der Waals surface area (Å²) in [6.45, 7) is 5.74. The monoisotopic (exact) mass is 433 g/mol. The van der Waals surface area contributed by atoms with E-state index in [0.29, 0.717) is 12.3 Å². The number of nitrogens with one attached hydrogen (secondary N) is 2. The molecule has 1 aromatic heterocycles. The standard InChI is InChI=1S/C20H24BrN3O3/c1-13-3-4-17(16(21)11-13)23-18(25)12-24-8-5-15(6-9-24)22-20(26)19-14(2)7-10-27-19/h3-4,7,10-11,15H,5-6,8-9,12H2,1-2H3,(H,22,26)(H,23,25). The number of nitrogens with zero attached hydrogens (tertiary/aromatic N) is 1. The summed E-state index contributed by atoms with van der Waals surface area (Å²) in [4.78, 5) is 26.6. The van der Waals surface area contributed by atoms with E-state index in [4.69, 9.17) is 4.42 Å². The molecular weight excluding hydrogens is 410 g/mol. The minimum absolute atomic E-state index is 0.0340. The molecule has 0 saturated carbocycles. The number of carbonyl (C=O) groups is 2. The van der Waals surface area contributed by atoms with Crippen molar-refractivity contribution in [3.63, 3.8) is 0 Å². The van der Waals surface area contributed by atoms with Crippen molar-refractivity contribution >= 4 is 33.4 Å². The molecule has 1 aromatic carbocycles. The van der Waals surface area contributed by atoms with Crippen molar-refractivity contribution in [1.29, 1.82) is 0 Å². The lowest BCUT2D eigenvalue weighted by atomic mass is 10.0. The topological polar surface area (TPSA) is 74.6 Å². The largest absolute Gasteiger partial charge is 0.459 e. The number of furan rings is 1. The molecule has 0 bridgehead atoms. The van der Waals surface area contributed by atoms with E-state index in [1.54, 1.807) is 6.07 Å². The predicted octanol–water partition coefficient (Wildman–Crippen LogP) is 3.49. The third-order valence-electron chi connectivity index (χ3n) is 4.76. The van der Waals surface area contributed by atoms with E-state index in [1.807, 2.05) is 32.0 Å². The van der Waals surface area contributed by atoms with Gasteiger partial charge in [0.15, 0.2) is 5.76 Å². The molecule has 2 N–H and O–H groups in total. The van der Waals surface area contributed by atoms with Gasteiger partial charge in [0.05, 0.1) is 18.5 Å². The third-order valence-corrected chi connectivity index (χ3v) is 5.41. The molecule has 7 heteroatoms. The van der Waals surface area contributed by atoms with Gasteiger partial charge in [-0.3, -0.25) is 14.5 Å². The van der Waals surface area contributed by atoms with E-state index in [0.717, 1.165) is 47.2 Å². The third kappa shape index (κ3) is 5.20. The summed E-state index contributed by atoms with van der Waals surface area (Å²) in [5.74, 6) is 0.173. The summed E-state index contributed by atoms with van der Waals surface area (Å²) in [7, 11) is 0. The zero-order chi connectivity index (χ0) is 19.4. The van der Waals surface area contributed by atoms with Crippen molar-refractivity contribution in [2.75, 3.05) is 25.0 Å². The van der Waals surface area contributed by atoms with Gasteiger partial charge in [-0.15, -0.1) is 0 Å². The Morgan fingerprint density at radius 2 is 1.96 bits per heavy atom. The Bertz CT molecular complexity index is 826. The molecule has 1 aliphatic rings. The van der Waals surface area contributed by atoms with Crippen LogP contribution in [-0.2, 0) is 4.79 Å². The fourth-order valence-corrected chi connectivity index (χ4v) is 3.80. The highest BCUT2D eigenvalue weighted by atomic mass is 79.9. The zero-order valence-electron chi connectivity index (χ0n) is 15.5. The first-order valence-electron chi connectivity index (χ1n) is 9.05. The maximum atomic E-state index is 12.3. The summed E-state index contributed by atoms with van der Waals surface area (Å²) < 4.78 is 6.12. The van der Waals surface area contributed by atoms with Crippen LogP contribution in [0.3, 0.4) is 0 Å². The number of rotatable bonds is 5. The van der Waals surface area contributed by atoms with Crippen LogP contribution in [0.1, 0.15) is 34.5 Å². The summed E-state index contributed by atoms with van der Waals surface area (Å²) in [5, 5.41) is 5.97. The molecule has 144 valence electrons. The number of benzene rings is 1. The summed E-state index contributed by atoms with van der Waals surface area (Å²) in [5.41, 5.74) is 2.75. The molecule has 0 atom stereocenters. The van der Waals surface area contributed by atoms with E-state index < -0.39 is 0 Å². The average Bonchev–Trinajstić information content (AvgIpc) is 3.05. The molecular formula is C20H24BrN3O3. The Balaban J connectivity index is 1.44. The van der Waals surface area contributed by atoms with Gasteiger partial charge in [-0.05, 0) is 66.4 Å². The second-order valence-corrected chi connectivity index (χ2v) is 7.84. The summed E-state index contributed by atoms with van der Waals surface area (Å²) >= 11 is 3.48. The molecule has 1 saturated heterocycles. The van der Waals surface area contributed by atoms with E-state index >= 15 is 0 Å². The number of piperidine rings is 1. The van der Waals surface area contributed by atoms with Crippen LogP contribution in [0.15, 0.2) is 39.4 Å². The van der Waals surface area contributed by atoms with Crippen molar-refractivity contribution in [3.8, 4) is 0 Å². The van der Waals surface area contributed by atoms with Gasteiger partial charge < -0.3 is 15.1 Å². The molecule has 6 nitrogen and oxygen atoms in total. The smallest absolute Gasteiger partial charge is 0.287 e. The molecule has 0 unspecified atom stereocenters. The molecule has 0 aliphatic carbocycles. The zero-order valence-corrected chi connectivity index (χ0v) is 17.1. The van der Waals surface area contributed by atoms with Crippen LogP contribution >= 0.6 is 15.9 Å². The van der Waals surface area contributed by atoms with Crippen LogP contribution in [0.25, 0.3) is 0 Å². The highest BCUT2D eigenvalue weighted by Crippen LogP contribution is 2.23. The lowest BCUT2D eigenvalue weighted by molar-refractivity contribution is -0.117. The number of anilines is 1. The first-order valence-corrected chi connectivity index (χ1v) is 9.85. The van der Waals surface area contributed by atoms with Crippen LogP contribution in [0.2, 0.25) is 0 Å². The van der Waals surface area contributed by atoms with Gasteiger partial charge >= 0.3 is 0 Å². The van der Waals surface area contributed by atoms with Crippen molar-refractivity contribution in [1.82, 2.24) is 10.2 Å². The first kappa shape index (κ1) is 19.6. The Kier molecular flexibility index (Phi) is 6.34. The molecule has 1 aliphatic heterocycles. The second-order valence-electron chi connectivity index (χ2n) is 6.99. The van der Waals surface area contributed by atoms with Gasteiger partial charge in [0, 0.05) is 29.2 Å². The Morgan fingerprint density at radius 3 is 2.59 bits per heavy atom. The van der Waals surface area contributed by atoms with Crippen LogP contribution < -0.4 is 10.6 Å². The molecule has 0 radical (unpaired) electrons. The number of carbonyl (C=O) groups excluding carboxylic acids is 2. The summed E-state index contributed by atoms with van der Waals surface area (Å²) in [6.07, 6.45) is 3.15. The Hall–Kier alpha value is -2.12. The Labute approximate surface area is 167 Å². The quantitative estimate of drug-likeness (QED) is 0.756. The van der Waals surface area contributed by atoms with E-state index in [2.05, 4.69) is 31.5 Å². The van der Waals surface area contributed by atoms with E-state index in [9.17, 15) is 9.59 Å². The second kappa shape index (κ2) is 8.71. The highest BCUT2D eigenvalue weighted by Gasteiger charge is 2.24. The predicted molar refractivity (Wildman–Crippen MR) is 108 cm³/mol. The minimum atomic E-state index is -0.169. The number of amides is 2. The molecule has 2 aromatic rings. The lowest BCUT2D eigenvalue weighted by Crippen LogP contribution is -2.46. The van der Waals surface area contributed by atoms with Crippen LogP contribution in [0.4, 0.5) is 5.69 Å². The van der Waals surface area contributed by atoms with Gasteiger partial charge in [-0.25, -0.2) is 0 Å². The molecule has 3 rings (SSSR count). The maximum Gasteiger partial charge on any atom is 0.287 e. The highest BCUT2D eigenvalue weighted by molar-refractivity contribution is 9.10. The maximum absolute atomic E-state index is 12.3. The molecule has 2 amide bonds. The first-order chi connectivity index (χ1) is 12.9. The van der Waals surface area contributed by atoms with Crippen LogP contribution in [0.5, 0.6) is 0 Å². The molecule has 27 heavy (non-hydrogen) atoms.